The van der Waals surface area contributed by atoms with E-state index in [0.717, 1.165) is 16.9 Å². The SMILES string of the molecule is O=C(Nc1ccccc1-c1ccccn1)c1scnc1I. The number of pyridine rings is 1. The van der Waals surface area contributed by atoms with Gasteiger partial charge in [-0.15, -0.1) is 11.3 Å². The molecular weight excluding hydrogens is 397 g/mol. The first-order valence-electron chi connectivity index (χ1n) is 6.16. The monoisotopic (exact) mass is 407 g/mol. The van der Waals surface area contributed by atoms with Crippen LogP contribution in [0.1, 0.15) is 9.67 Å². The van der Waals surface area contributed by atoms with Gasteiger partial charge < -0.3 is 5.32 Å². The zero-order valence-electron chi connectivity index (χ0n) is 10.8. The van der Waals surface area contributed by atoms with Gasteiger partial charge in [-0.2, -0.15) is 0 Å². The lowest BCUT2D eigenvalue weighted by atomic mass is 10.1. The fraction of sp³-hybridized carbons (Fsp3) is 0. The summed E-state index contributed by atoms with van der Waals surface area (Å²) >= 11 is 3.39. The van der Waals surface area contributed by atoms with Crippen LogP contribution >= 0.6 is 33.9 Å². The number of thiazole rings is 1. The molecule has 104 valence electrons. The lowest BCUT2D eigenvalue weighted by Crippen LogP contribution is -2.12. The van der Waals surface area contributed by atoms with Crippen LogP contribution in [0.15, 0.2) is 54.2 Å². The lowest BCUT2D eigenvalue weighted by molar-refractivity contribution is 0.102. The summed E-state index contributed by atoms with van der Waals surface area (Å²) < 4.78 is 0.713. The van der Waals surface area contributed by atoms with Crippen molar-refractivity contribution >= 4 is 45.5 Å². The molecule has 0 aliphatic rings. The van der Waals surface area contributed by atoms with E-state index in [1.54, 1.807) is 11.7 Å². The number of nitrogens with zero attached hydrogens (tertiary/aromatic N) is 2. The predicted molar refractivity (Wildman–Crippen MR) is 92.5 cm³/mol. The zero-order valence-corrected chi connectivity index (χ0v) is 13.8. The van der Waals surface area contributed by atoms with Crippen molar-refractivity contribution in [1.29, 1.82) is 0 Å². The Kier molecular flexibility index (Phi) is 4.26. The van der Waals surface area contributed by atoms with Crippen LogP contribution in [-0.2, 0) is 0 Å². The molecule has 0 aliphatic heterocycles. The summed E-state index contributed by atoms with van der Waals surface area (Å²) in [6, 6.07) is 13.3. The van der Waals surface area contributed by atoms with Crippen molar-refractivity contribution in [2.24, 2.45) is 0 Å². The summed E-state index contributed by atoms with van der Waals surface area (Å²) in [5.41, 5.74) is 4.13. The first-order chi connectivity index (χ1) is 10.3. The van der Waals surface area contributed by atoms with E-state index in [1.165, 1.54) is 11.3 Å². The van der Waals surface area contributed by atoms with Crippen molar-refractivity contribution in [3.8, 4) is 11.3 Å². The predicted octanol–water partition coefficient (Wildman–Crippen LogP) is 4.06. The molecule has 4 nitrogen and oxygen atoms in total. The number of hydrogen-bond donors (Lipinski definition) is 1. The molecule has 0 fully saturated rings. The van der Waals surface area contributed by atoms with Crippen molar-refractivity contribution in [2.45, 2.75) is 0 Å². The zero-order chi connectivity index (χ0) is 14.7. The molecule has 2 heterocycles. The van der Waals surface area contributed by atoms with Crippen LogP contribution in [0, 0.1) is 3.70 Å². The molecule has 6 heteroatoms. The van der Waals surface area contributed by atoms with E-state index < -0.39 is 0 Å². The molecule has 21 heavy (non-hydrogen) atoms. The van der Waals surface area contributed by atoms with Gasteiger partial charge in [-0.25, -0.2) is 4.98 Å². The molecule has 0 bridgehead atoms. The Morgan fingerprint density at radius 3 is 2.62 bits per heavy atom. The Morgan fingerprint density at radius 1 is 1.10 bits per heavy atom. The van der Waals surface area contributed by atoms with Crippen LogP contribution < -0.4 is 5.32 Å². The number of para-hydroxylation sites is 1. The van der Waals surface area contributed by atoms with Crippen LogP contribution in [0.3, 0.4) is 0 Å². The smallest absolute Gasteiger partial charge is 0.268 e. The van der Waals surface area contributed by atoms with E-state index in [2.05, 4.69) is 37.9 Å². The molecule has 0 atom stereocenters. The highest BCUT2D eigenvalue weighted by Gasteiger charge is 2.15. The van der Waals surface area contributed by atoms with E-state index in [-0.39, 0.29) is 5.91 Å². The third-order valence-electron chi connectivity index (χ3n) is 2.85. The van der Waals surface area contributed by atoms with Crippen molar-refractivity contribution in [3.05, 3.63) is 62.7 Å². The molecule has 0 saturated carbocycles. The summed E-state index contributed by atoms with van der Waals surface area (Å²) in [4.78, 5) is 21.4. The van der Waals surface area contributed by atoms with Crippen LogP contribution in [0.25, 0.3) is 11.3 Å². The Balaban J connectivity index is 1.94. The Bertz CT molecular complexity index is 773. The van der Waals surface area contributed by atoms with Gasteiger partial charge in [0.2, 0.25) is 0 Å². The quantitative estimate of drug-likeness (QED) is 0.667. The van der Waals surface area contributed by atoms with Gasteiger partial charge in [0.1, 0.15) is 8.58 Å². The molecule has 3 rings (SSSR count). The van der Waals surface area contributed by atoms with Gasteiger partial charge >= 0.3 is 0 Å². The van der Waals surface area contributed by atoms with Gasteiger partial charge in [0.15, 0.2) is 0 Å². The van der Waals surface area contributed by atoms with Gasteiger partial charge in [0.05, 0.1) is 16.9 Å². The summed E-state index contributed by atoms with van der Waals surface area (Å²) in [7, 11) is 0. The van der Waals surface area contributed by atoms with Crippen LogP contribution in [0.4, 0.5) is 5.69 Å². The first-order valence-corrected chi connectivity index (χ1v) is 8.12. The number of rotatable bonds is 3. The number of anilines is 1. The summed E-state index contributed by atoms with van der Waals surface area (Å²) in [6.45, 7) is 0. The second-order valence-corrected chi connectivity index (χ2v) is 6.06. The van der Waals surface area contributed by atoms with E-state index in [0.29, 0.717) is 8.58 Å². The molecule has 0 spiro atoms. The number of carbonyl (C=O) groups is 1. The molecule has 2 aromatic heterocycles. The summed E-state index contributed by atoms with van der Waals surface area (Å²) in [5, 5.41) is 2.94. The Labute approximate surface area is 139 Å². The van der Waals surface area contributed by atoms with Gasteiger partial charge in [-0.05, 0) is 40.8 Å². The minimum atomic E-state index is -0.148. The number of nitrogens with one attached hydrogen (secondary N) is 1. The van der Waals surface area contributed by atoms with Crippen molar-refractivity contribution < 1.29 is 4.79 Å². The molecule has 3 aromatic rings. The average molecular weight is 407 g/mol. The third-order valence-corrected chi connectivity index (χ3v) is 4.86. The van der Waals surface area contributed by atoms with Crippen molar-refractivity contribution in [2.75, 3.05) is 5.32 Å². The molecule has 0 unspecified atom stereocenters. The highest BCUT2D eigenvalue weighted by molar-refractivity contribution is 14.1. The molecular formula is C15H10IN3OS. The number of benzene rings is 1. The number of aromatic nitrogens is 2. The van der Waals surface area contributed by atoms with Crippen LogP contribution in [0.5, 0.6) is 0 Å². The molecule has 0 radical (unpaired) electrons. The summed E-state index contributed by atoms with van der Waals surface area (Å²) in [5.74, 6) is -0.148. The van der Waals surface area contributed by atoms with Crippen molar-refractivity contribution in [3.63, 3.8) is 0 Å². The molecule has 0 saturated heterocycles. The number of halogens is 1. The fourth-order valence-corrected chi connectivity index (χ4v) is 3.42. The summed E-state index contributed by atoms with van der Waals surface area (Å²) in [6.07, 6.45) is 1.74. The Hall–Kier alpha value is -1.80. The highest BCUT2D eigenvalue weighted by Crippen LogP contribution is 2.27. The van der Waals surface area contributed by atoms with Gasteiger partial charge in [0.25, 0.3) is 5.91 Å². The molecule has 0 aliphatic carbocycles. The normalized spacial score (nSPS) is 10.3. The van der Waals surface area contributed by atoms with E-state index in [4.69, 9.17) is 0 Å². The van der Waals surface area contributed by atoms with Gasteiger partial charge in [-0.3, -0.25) is 9.78 Å². The number of amides is 1. The average Bonchev–Trinajstić information content (AvgIpc) is 2.95. The minimum Gasteiger partial charge on any atom is -0.321 e. The number of hydrogen-bond acceptors (Lipinski definition) is 4. The van der Waals surface area contributed by atoms with Gasteiger partial charge in [-0.1, -0.05) is 24.3 Å². The maximum absolute atomic E-state index is 12.3. The molecule has 1 amide bonds. The van der Waals surface area contributed by atoms with Crippen molar-refractivity contribution in [1.82, 2.24) is 9.97 Å². The topological polar surface area (TPSA) is 54.9 Å². The fourth-order valence-electron chi connectivity index (χ4n) is 1.90. The van der Waals surface area contributed by atoms with Crippen LogP contribution in [0.2, 0.25) is 0 Å². The standard InChI is InChI=1S/C15H10IN3OS/c16-14-13(21-9-18-14)15(20)19-12-7-2-1-5-10(12)11-6-3-4-8-17-11/h1-9H,(H,19,20). The van der Waals surface area contributed by atoms with E-state index in [9.17, 15) is 4.79 Å². The maximum atomic E-state index is 12.3. The largest absolute Gasteiger partial charge is 0.321 e. The van der Waals surface area contributed by atoms with E-state index >= 15 is 0 Å². The van der Waals surface area contributed by atoms with Gasteiger partial charge in [0, 0.05) is 11.8 Å². The van der Waals surface area contributed by atoms with E-state index in [1.807, 2.05) is 42.5 Å². The lowest BCUT2D eigenvalue weighted by Gasteiger charge is -2.10. The maximum Gasteiger partial charge on any atom is 0.268 e. The second kappa shape index (κ2) is 6.31. The highest BCUT2D eigenvalue weighted by atomic mass is 127. The minimum absolute atomic E-state index is 0.148. The number of carbonyl (C=O) groups excluding carboxylic acids is 1. The third kappa shape index (κ3) is 3.11. The second-order valence-electron chi connectivity index (χ2n) is 4.19. The Morgan fingerprint density at radius 2 is 1.90 bits per heavy atom. The molecule has 1 aromatic carbocycles. The van der Waals surface area contributed by atoms with Crippen LogP contribution in [-0.4, -0.2) is 15.9 Å². The first kappa shape index (κ1) is 14.2. The molecule has 1 N–H and O–H groups in total.